The molecule has 1 aliphatic heterocycles. The fraction of sp³-hybridized carbons (Fsp3) is 0.583. The van der Waals surface area contributed by atoms with Crippen LogP contribution in [0.2, 0.25) is 0 Å². The van der Waals surface area contributed by atoms with Crippen LogP contribution in [0.1, 0.15) is 137 Å². The molecule has 2 aromatic rings. The topological polar surface area (TPSA) is 222 Å². The van der Waals surface area contributed by atoms with Crippen LogP contribution in [0.5, 0.6) is 5.75 Å². The molecule has 0 saturated carbocycles. The predicted octanol–water partition coefficient (Wildman–Crippen LogP) is 9.01. The number of ether oxygens (including phenoxy) is 2. The number of carbonyl (C=O) groups is 6. The molecular weight excluding hydrogens is 857 g/mol. The minimum absolute atomic E-state index is 0.000779. The highest BCUT2D eigenvalue weighted by atomic mass is 33.1. The Bertz CT molecular complexity index is 2110. The Morgan fingerprint density at radius 2 is 1.31 bits per heavy atom. The molecule has 1 aromatic heterocycles. The zero-order valence-electron chi connectivity index (χ0n) is 40.0. The number of carboxylic acids is 2. The van der Waals surface area contributed by atoms with Crippen LogP contribution in [0.25, 0.3) is 10.9 Å². The quantitative estimate of drug-likeness (QED) is 0.0285. The molecule has 16 heteroatoms. The molecule has 3 rings (SSSR count). The van der Waals surface area contributed by atoms with Crippen molar-refractivity contribution in [3.8, 4) is 5.75 Å². The van der Waals surface area contributed by atoms with Crippen LogP contribution in [0.3, 0.4) is 0 Å². The summed E-state index contributed by atoms with van der Waals surface area (Å²) in [7, 11) is 3.82. The number of nitrogens with zero attached hydrogens (tertiary/aromatic N) is 2. The van der Waals surface area contributed by atoms with Gasteiger partial charge in [-0.25, -0.2) is 9.59 Å². The summed E-state index contributed by atoms with van der Waals surface area (Å²) >= 11 is 0. The van der Waals surface area contributed by atoms with Crippen LogP contribution in [0.4, 0.5) is 0 Å². The van der Waals surface area contributed by atoms with Gasteiger partial charge in [-0.05, 0) is 109 Å². The third-order valence-corrected chi connectivity index (χ3v) is 15.0. The van der Waals surface area contributed by atoms with Gasteiger partial charge in [-0.2, -0.15) is 0 Å². The molecule has 2 amide bonds. The van der Waals surface area contributed by atoms with Crippen LogP contribution < -0.4 is 16.2 Å². The average Bonchev–Trinajstić information content (AvgIpc) is 3.65. The number of primary amides is 2. The number of amides is 2. The van der Waals surface area contributed by atoms with Gasteiger partial charge in [-0.15, -0.1) is 0 Å². The van der Waals surface area contributed by atoms with E-state index in [1.807, 2.05) is 59.1 Å². The van der Waals surface area contributed by atoms with E-state index >= 15 is 0 Å². The first-order valence-electron chi connectivity index (χ1n) is 21.8. The molecular formula is C48H72N4O10S2. The Hall–Kier alpha value is -4.54. The second kappa shape index (κ2) is 24.1. The van der Waals surface area contributed by atoms with Crippen LogP contribution in [0, 0.1) is 17.8 Å². The van der Waals surface area contributed by atoms with E-state index < -0.39 is 48.5 Å². The highest BCUT2D eigenvalue weighted by molar-refractivity contribution is 8.77. The van der Waals surface area contributed by atoms with Crippen LogP contribution in [-0.2, 0) is 35.3 Å². The van der Waals surface area contributed by atoms with E-state index in [1.165, 1.54) is 0 Å². The molecule has 0 aliphatic carbocycles. The maximum absolute atomic E-state index is 13.0. The number of hydrogen-bond donors (Lipinski definition) is 4. The van der Waals surface area contributed by atoms with Gasteiger partial charge >= 0.3 is 11.9 Å². The van der Waals surface area contributed by atoms with Crippen molar-refractivity contribution in [1.82, 2.24) is 9.47 Å². The Morgan fingerprint density at radius 1 is 0.781 bits per heavy atom. The molecule has 0 spiro atoms. The summed E-state index contributed by atoms with van der Waals surface area (Å²) in [5.41, 5.74) is 14.1. The third-order valence-electron chi connectivity index (χ3n) is 10.8. The highest BCUT2D eigenvalue weighted by Gasteiger charge is 2.36. The molecule has 0 fully saturated rings. The summed E-state index contributed by atoms with van der Waals surface area (Å²) in [4.78, 5) is 73.5. The number of carboxylic acid groups (broad SMARTS) is 2. The number of aromatic nitrogens is 1. The number of ketones is 2. The number of nitrogens with two attached hydrogens (primary N) is 2. The second-order valence-corrected chi connectivity index (χ2v) is 22.3. The Morgan fingerprint density at radius 3 is 1.83 bits per heavy atom. The van der Waals surface area contributed by atoms with Crippen LogP contribution >= 0.6 is 21.6 Å². The van der Waals surface area contributed by atoms with Gasteiger partial charge in [0, 0.05) is 51.7 Å². The van der Waals surface area contributed by atoms with E-state index in [4.69, 9.17) is 26.0 Å². The van der Waals surface area contributed by atoms with Crippen molar-refractivity contribution in [3.63, 3.8) is 0 Å². The molecule has 0 radical (unpaired) electrons. The van der Waals surface area contributed by atoms with E-state index in [0.29, 0.717) is 41.0 Å². The van der Waals surface area contributed by atoms with Crippen molar-refractivity contribution in [2.45, 2.75) is 144 Å². The standard InChI is InChI=1S/C46H66N4O10S2.C2H6/c1-29-32(39(55)41(47)57)24-31(16-11-12-23-59-25-35(51)52)49(29)21-14-19-43(3,4)27-45(7,8)61-62-46(9,10)28-44(5,6)20-15-22-50-30(2)37(40(56)42(48)58)38-33(50)17-13-18-34(38)60-26-36(53)54;1-2/h11-13,16-18H,14-15,19-28H2,1-10H3,(H2,47,57)(H2,48,58)(H,51,52)(H,53,54);1-2H3/b12-11-,31-16+;. The number of allylic oxidation sites excluding steroid dienone is 4. The van der Waals surface area contributed by atoms with Gasteiger partial charge in [0.05, 0.1) is 23.1 Å². The summed E-state index contributed by atoms with van der Waals surface area (Å²) in [5, 5.41) is 18.4. The number of fused-ring (bicyclic) bond motifs is 1. The minimum atomic E-state index is -1.16. The van der Waals surface area contributed by atoms with Crippen molar-refractivity contribution in [1.29, 1.82) is 0 Å². The van der Waals surface area contributed by atoms with E-state index in [2.05, 4.69) is 60.3 Å². The SMILES string of the molecule is CC.CC1=C(C(=O)C(N)=O)C/C(=C\C=C/COCC(=O)O)N1CCCC(C)(C)CC(C)(C)SSC(C)(C)CC(C)(C)CCCn1c(C)c(C(=O)C(N)=O)c2c(OCC(=O)O)cccc21. The van der Waals surface area contributed by atoms with Crippen LogP contribution in [-0.4, -0.2) is 90.9 Å². The average molecular weight is 929 g/mol. The normalized spacial score (nSPS) is 14.3. The molecule has 0 saturated heterocycles. The van der Waals surface area contributed by atoms with Gasteiger partial charge in [0.1, 0.15) is 12.4 Å². The van der Waals surface area contributed by atoms with Crippen molar-refractivity contribution >= 4 is 67.8 Å². The lowest BCUT2D eigenvalue weighted by molar-refractivity contribution is -0.142. The number of hydrogen-bond acceptors (Lipinski definition) is 11. The molecule has 356 valence electrons. The summed E-state index contributed by atoms with van der Waals surface area (Å²) in [6.07, 6.45) is 11.0. The number of aliphatic carboxylic acids is 2. The van der Waals surface area contributed by atoms with Gasteiger partial charge in [0.15, 0.2) is 6.61 Å². The molecule has 64 heavy (non-hydrogen) atoms. The first kappa shape index (κ1) is 55.6. The second-order valence-electron chi connectivity index (χ2n) is 18.8. The van der Waals surface area contributed by atoms with Crippen LogP contribution in [0.15, 0.2) is 53.4 Å². The number of Topliss-reactive ketones (excluding diaryl/α,β-unsaturated/α-hetero) is 2. The maximum Gasteiger partial charge on any atom is 0.341 e. The fourth-order valence-electron chi connectivity index (χ4n) is 8.72. The first-order valence-corrected chi connectivity index (χ1v) is 24.0. The smallest absolute Gasteiger partial charge is 0.341 e. The highest BCUT2D eigenvalue weighted by Crippen LogP contribution is 2.52. The molecule has 0 unspecified atom stereocenters. The first-order chi connectivity index (χ1) is 29.7. The minimum Gasteiger partial charge on any atom is -0.481 e. The monoisotopic (exact) mass is 928 g/mol. The van der Waals surface area contributed by atoms with Gasteiger partial charge in [0.25, 0.3) is 17.6 Å². The van der Waals surface area contributed by atoms with Crippen molar-refractivity contribution < 1.29 is 48.5 Å². The largest absolute Gasteiger partial charge is 0.481 e. The van der Waals surface area contributed by atoms with Crippen molar-refractivity contribution in [2.24, 2.45) is 22.3 Å². The van der Waals surface area contributed by atoms with Crippen molar-refractivity contribution in [2.75, 3.05) is 26.4 Å². The maximum atomic E-state index is 13.0. The molecule has 1 aromatic carbocycles. The predicted molar refractivity (Wildman–Crippen MR) is 257 cm³/mol. The number of benzene rings is 1. The van der Waals surface area contributed by atoms with Gasteiger partial charge < -0.3 is 40.6 Å². The third kappa shape index (κ3) is 16.8. The number of carbonyl (C=O) groups excluding carboxylic acids is 4. The van der Waals surface area contributed by atoms with E-state index in [1.54, 1.807) is 31.2 Å². The summed E-state index contributed by atoms with van der Waals surface area (Å²) < 4.78 is 12.5. The molecule has 6 N–H and O–H groups in total. The van der Waals surface area contributed by atoms with Gasteiger partial charge in [0.2, 0.25) is 5.78 Å². The Kier molecular flexibility index (Phi) is 20.9. The number of rotatable bonds is 27. The molecule has 0 bridgehead atoms. The van der Waals surface area contributed by atoms with E-state index in [9.17, 15) is 33.9 Å². The van der Waals surface area contributed by atoms with E-state index in [0.717, 1.165) is 44.2 Å². The zero-order valence-corrected chi connectivity index (χ0v) is 41.6. The summed E-state index contributed by atoms with van der Waals surface area (Å²) in [6, 6.07) is 5.15. The molecule has 2 heterocycles. The lowest BCUT2D eigenvalue weighted by Crippen LogP contribution is -2.29. The zero-order chi connectivity index (χ0) is 48.8. The molecule has 1 aliphatic rings. The molecule has 14 nitrogen and oxygen atoms in total. The Labute approximate surface area is 387 Å². The lowest BCUT2D eigenvalue weighted by Gasteiger charge is -2.39. The molecule has 0 atom stereocenters. The van der Waals surface area contributed by atoms with E-state index in [-0.39, 0.29) is 44.7 Å². The Balaban J connectivity index is 0.00000694. The lowest BCUT2D eigenvalue weighted by atomic mass is 9.79. The fourth-order valence-corrected chi connectivity index (χ4v) is 11.8. The summed E-state index contributed by atoms with van der Waals surface area (Å²) in [6.45, 7) is 26.2. The van der Waals surface area contributed by atoms with Crippen molar-refractivity contribution in [3.05, 3.63) is 64.7 Å². The van der Waals surface area contributed by atoms with Gasteiger partial charge in [-0.1, -0.05) is 81.3 Å². The summed E-state index contributed by atoms with van der Waals surface area (Å²) in [5.74, 6) is -5.61. The number of aryl methyl sites for hydroxylation is 1. The van der Waals surface area contributed by atoms with Gasteiger partial charge in [-0.3, -0.25) is 19.2 Å².